The van der Waals surface area contributed by atoms with Crippen LogP contribution in [-0.4, -0.2) is 11.6 Å². The zero-order chi connectivity index (χ0) is 17.4. The predicted octanol–water partition coefficient (Wildman–Crippen LogP) is 4.95. The maximum Gasteiger partial charge on any atom is 0.121 e. The lowest BCUT2D eigenvalue weighted by Gasteiger charge is -2.27. The summed E-state index contributed by atoms with van der Waals surface area (Å²) in [5, 5.41) is 10.9. The number of nitrogens with two attached hydrogens (primary N) is 1. The van der Waals surface area contributed by atoms with Crippen molar-refractivity contribution in [3.63, 3.8) is 0 Å². The highest BCUT2D eigenvalue weighted by molar-refractivity contribution is 5.97. The Labute approximate surface area is 147 Å². The molecule has 25 heavy (non-hydrogen) atoms. The van der Waals surface area contributed by atoms with Gasteiger partial charge in [-0.1, -0.05) is 18.6 Å². The molecule has 1 aliphatic rings. The van der Waals surface area contributed by atoms with Crippen molar-refractivity contribution in [1.29, 1.82) is 5.26 Å². The fraction of sp³-hybridized carbons (Fsp3) is 0.286. The van der Waals surface area contributed by atoms with E-state index in [0.717, 1.165) is 27.9 Å². The third-order valence-electron chi connectivity index (χ3n) is 5.07. The SMILES string of the molecule is CCOc1cc(C2CCC2)c2c(C#N)c(-c3ccc(N)cc3)[nH]c2c1. The van der Waals surface area contributed by atoms with Crippen LogP contribution in [0.5, 0.6) is 5.75 Å². The lowest BCUT2D eigenvalue weighted by Crippen LogP contribution is -2.09. The minimum atomic E-state index is 0.519. The van der Waals surface area contributed by atoms with E-state index in [1.54, 1.807) is 0 Å². The summed E-state index contributed by atoms with van der Waals surface area (Å²) < 4.78 is 5.76. The first-order valence-corrected chi connectivity index (χ1v) is 8.79. The van der Waals surface area contributed by atoms with E-state index < -0.39 is 0 Å². The average Bonchev–Trinajstić information content (AvgIpc) is 2.93. The van der Waals surface area contributed by atoms with E-state index in [4.69, 9.17) is 10.5 Å². The monoisotopic (exact) mass is 331 g/mol. The van der Waals surface area contributed by atoms with E-state index in [1.165, 1.54) is 24.8 Å². The lowest BCUT2D eigenvalue weighted by molar-refractivity contribution is 0.339. The number of hydrogen-bond donors (Lipinski definition) is 2. The highest BCUT2D eigenvalue weighted by Crippen LogP contribution is 2.44. The predicted molar refractivity (Wildman–Crippen MR) is 101 cm³/mol. The molecule has 1 aliphatic carbocycles. The summed E-state index contributed by atoms with van der Waals surface area (Å²) in [7, 11) is 0. The van der Waals surface area contributed by atoms with E-state index in [2.05, 4.69) is 17.1 Å². The number of nitrogen functional groups attached to an aromatic ring is 1. The fourth-order valence-corrected chi connectivity index (χ4v) is 3.61. The van der Waals surface area contributed by atoms with E-state index in [-0.39, 0.29) is 0 Å². The van der Waals surface area contributed by atoms with E-state index in [0.29, 0.717) is 23.8 Å². The number of aromatic amines is 1. The number of aromatic nitrogens is 1. The first-order valence-electron chi connectivity index (χ1n) is 8.79. The molecule has 1 heterocycles. The lowest BCUT2D eigenvalue weighted by atomic mass is 9.78. The number of anilines is 1. The number of ether oxygens (including phenoxy) is 1. The van der Waals surface area contributed by atoms with E-state index >= 15 is 0 Å². The number of nitriles is 1. The number of benzene rings is 2. The Morgan fingerprint density at radius 2 is 2.00 bits per heavy atom. The van der Waals surface area contributed by atoms with Crippen molar-refractivity contribution >= 4 is 16.6 Å². The summed E-state index contributed by atoms with van der Waals surface area (Å²) in [6.45, 7) is 2.62. The molecule has 0 bridgehead atoms. The molecular formula is C21H21N3O. The molecule has 0 radical (unpaired) electrons. The first kappa shape index (κ1) is 15.6. The Bertz CT molecular complexity index is 959. The molecule has 0 aliphatic heterocycles. The van der Waals surface area contributed by atoms with Crippen LogP contribution in [0.15, 0.2) is 36.4 Å². The van der Waals surface area contributed by atoms with Gasteiger partial charge in [0.15, 0.2) is 0 Å². The highest BCUT2D eigenvalue weighted by Gasteiger charge is 2.26. The van der Waals surface area contributed by atoms with Crippen LogP contribution in [0.25, 0.3) is 22.2 Å². The third kappa shape index (κ3) is 2.62. The van der Waals surface area contributed by atoms with Crippen molar-refractivity contribution in [3.05, 3.63) is 47.5 Å². The quantitative estimate of drug-likeness (QED) is 0.664. The molecule has 4 rings (SSSR count). The highest BCUT2D eigenvalue weighted by atomic mass is 16.5. The van der Waals surface area contributed by atoms with Crippen molar-refractivity contribution in [2.45, 2.75) is 32.1 Å². The van der Waals surface area contributed by atoms with Gasteiger partial charge in [-0.15, -0.1) is 0 Å². The topological polar surface area (TPSA) is 74.8 Å². The van der Waals surface area contributed by atoms with Crippen molar-refractivity contribution in [3.8, 4) is 23.1 Å². The summed E-state index contributed by atoms with van der Waals surface area (Å²) in [5.74, 6) is 1.39. The second-order valence-corrected chi connectivity index (χ2v) is 6.60. The molecule has 0 atom stereocenters. The van der Waals surface area contributed by atoms with Crippen LogP contribution in [0.1, 0.15) is 43.2 Å². The van der Waals surface area contributed by atoms with Gasteiger partial charge in [0.25, 0.3) is 0 Å². The minimum Gasteiger partial charge on any atom is -0.494 e. The van der Waals surface area contributed by atoms with Crippen LogP contribution < -0.4 is 10.5 Å². The molecule has 126 valence electrons. The van der Waals surface area contributed by atoms with Crippen molar-refractivity contribution in [2.24, 2.45) is 0 Å². The van der Waals surface area contributed by atoms with Crippen LogP contribution in [-0.2, 0) is 0 Å². The summed E-state index contributed by atoms with van der Waals surface area (Å²) in [6.07, 6.45) is 3.61. The summed E-state index contributed by atoms with van der Waals surface area (Å²) in [4.78, 5) is 3.45. The van der Waals surface area contributed by atoms with Gasteiger partial charge in [0.1, 0.15) is 11.8 Å². The van der Waals surface area contributed by atoms with Crippen LogP contribution in [0.4, 0.5) is 5.69 Å². The minimum absolute atomic E-state index is 0.519. The van der Waals surface area contributed by atoms with E-state index in [9.17, 15) is 5.26 Å². The largest absolute Gasteiger partial charge is 0.494 e. The molecule has 3 N–H and O–H groups in total. The van der Waals surface area contributed by atoms with Gasteiger partial charge in [-0.2, -0.15) is 5.26 Å². The molecule has 0 amide bonds. The Kier molecular flexibility index (Phi) is 3.85. The van der Waals surface area contributed by atoms with Crippen molar-refractivity contribution in [2.75, 3.05) is 12.3 Å². The molecule has 4 nitrogen and oxygen atoms in total. The Balaban J connectivity index is 1.96. The fourth-order valence-electron chi connectivity index (χ4n) is 3.61. The number of nitrogens with zero attached hydrogens (tertiary/aromatic N) is 1. The Morgan fingerprint density at radius 3 is 2.60 bits per heavy atom. The van der Waals surface area contributed by atoms with Gasteiger partial charge in [-0.05, 0) is 55.0 Å². The molecule has 1 fully saturated rings. The molecule has 2 aromatic carbocycles. The maximum absolute atomic E-state index is 9.86. The van der Waals surface area contributed by atoms with Gasteiger partial charge in [0, 0.05) is 17.1 Å². The molecule has 1 aromatic heterocycles. The number of rotatable bonds is 4. The first-order chi connectivity index (χ1) is 12.2. The molecular weight excluding hydrogens is 310 g/mol. The average molecular weight is 331 g/mol. The molecule has 0 unspecified atom stereocenters. The van der Waals surface area contributed by atoms with Gasteiger partial charge in [0.05, 0.1) is 23.4 Å². The van der Waals surface area contributed by atoms with Crippen LogP contribution in [0.3, 0.4) is 0 Å². The van der Waals surface area contributed by atoms with Gasteiger partial charge < -0.3 is 15.5 Å². The molecule has 0 saturated heterocycles. The number of H-pyrrole nitrogens is 1. The molecule has 1 saturated carbocycles. The molecule has 0 spiro atoms. The number of nitrogens with one attached hydrogen (secondary N) is 1. The maximum atomic E-state index is 9.86. The number of fused-ring (bicyclic) bond motifs is 1. The zero-order valence-electron chi connectivity index (χ0n) is 14.3. The van der Waals surface area contributed by atoms with Gasteiger partial charge in [-0.25, -0.2) is 0 Å². The summed E-state index contributed by atoms with van der Waals surface area (Å²) in [6, 6.07) is 14.2. The summed E-state index contributed by atoms with van der Waals surface area (Å²) >= 11 is 0. The van der Waals surface area contributed by atoms with Crippen LogP contribution >= 0.6 is 0 Å². The molecule has 4 heteroatoms. The molecule has 3 aromatic rings. The van der Waals surface area contributed by atoms with Crippen LogP contribution in [0.2, 0.25) is 0 Å². The normalized spacial score (nSPS) is 14.2. The van der Waals surface area contributed by atoms with Gasteiger partial charge in [-0.3, -0.25) is 0 Å². The van der Waals surface area contributed by atoms with Crippen molar-refractivity contribution < 1.29 is 4.74 Å². The second kappa shape index (κ2) is 6.18. The third-order valence-corrected chi connectivity index (χ3v) is 5.07. The van der Waals surface area contributed by atoms with Crippen LogP contribution in [0, 0.1) is 11.3 Å². The smallest absolute Gasteiger partial charge is 0.121 e. The second-order valence-electron chi connectivity index (χ2n) is 6.60. The van der Waals surface area contributed by atoms with Gasteiger partial charge >= 0.3 is 0 Å². The van der Waals surface area contributed by atoms with Gasteiger partial charge in [0.2, 0.25) is 0 Å². The standard InChI is InChI=1S/C21H21N3O/c1-2-25-16-10-17(13-4-3-5-13)20-18(12-22)21(24-19(20)11-16)14-6-8-15(23)9-7-14/h6-11,13,24H,2-5,23H2,1H3. The Morgan fingerprint density at radius 1 is 1.24 bits per heavy atom. The number of hydrogen-bond acceptors (Lipinski definition) is 3. The Hall–Kier alpha value is -2.93. The summed E-state index contributed by atoms with van der Waals surface area (Å²) in [5.41, 5.74) is 11.3. The van der Waals surface area contributed by atoms with E-state index in [1.807, 2.05) is 37.3 Å². The van der Waals surface area contributed by atoms with Crippen molar-refractivity contribution in [1.82, 2.24) is 4.98 Å². The zero-order valence-corrected chi connectivity index (χ0v) is 14.3.